The van der Waals surface area contributed by atoms with Crippen LogP contribution >= 0.6 is 0 Å². The van der Waals surface area contributed by atoms with Crippen LogP contribution < -0.4 is 15.8 Å². The molecule has 2 aromatic carbocycles. The van der Waals surface area contributed by atoms with Gasteiger partial charge in [-0.2, -0.15) is 0 Å². The first-order chi connectivity index (χ1) is 11.9. The summed E-state index contributed by atoms with van der Waals surface area (Å²) in [6.45, 7) is 6.62. The van der Waals surface area contributed by atoms with Crippen molar-refractivity contribution in [3.05, 3.63) is 65.2 Å². The van der Waals surface area contributed by atoms with Crippen molar-refractivity contribution in [1.29, 1.82) is 0 Å². The molecule has 4 heteroatoms. The maximum atomic E-state index is 12.4. The number of nitrogens with two attached hydrogens (primary N) is 1. The van der Waals surface area contributed by atoms with E-state index in [4.69, 9.17) is 10.5 Å². The Balaban J connectivity index is 1.93. The Bertz CT molecular complexity index is 695. The Morgan fingerprint density at radius 1 is 1.04 bits per heavy atom. The number of hydrogen-bond acceptors (Lipinski definition) is 3. The second-order valence-electron chi connectivity index (χ2n) is 6.67. The molecule has 0 aromatic heterocycles. The van der Waals surface area contributed by atoms with Gasteiger partial charge in [0.2, 0.25) is 5.91 Å². The van der Waals surface area contributed by atoms with Crippen LogP contribution in [0.5, 0.6) is 5.75 Å². The third-order valence-corrected chi connectivity index (χ3v) is 4.51. The topological polar surface area (TPSA) is 64.3 Å². The van der Waals surface area contributed by atoms with Crippen LogP contribution in [0.15, 0.2) is 48.5 Å². The standard InChI is InChI=1S/C21H28N2O2/c1-14(2)16-8-10-17(11-9-16)20(22)13-23-21(24)15(3)18-6-5-7-19(12-18)25-4/h5-12,14-15,20H,13,22H2,1-4H3,(H,23,24). The first-order valence-corrected chi connectivity index (χ1v) is 8.69. The summed E-state index contributed by atoms with van der Waals surface area (Å²) in [6.07, 6.45) is 0. The highest BCUT2D eigenvalue weighted by Crippen LogP contribution is 2.21. The SMILES string of the molecule is COc1cccc(C(C)C(=O)NCC(N)c2ccc(C(C)C)cc2)c1. The van der Waals surface area contributed by atoms with Gasteiger partial charge in [0, 0.05) is 12.6 Å². The first kappa shape index (κ1) is 19.0. The average Bonchev–Trinajstić information content (AvgIpc) is 2.65. The Morgan fingerprint density at radius 2 is 1.68 bits per heavy atom. The predicted octanol–water partition coefficient (Wildman–Crippen LogP) is 3.74. The molecule has 3 N–H and O–H groups in total. The minimum absolute atomic E-state index is 0.0393. The third-order valence-electron chi connectivity index (χ3n) is 4.51. The van der Waals surface area contributed by atoms with E-state index < -0.39 is 0 Å². The molecule has 134 valence electrons. The van der Waals surface area contributed by atoms with Crippen LogP contribution in [0.25, 0.3) is 0 Å². The molecule has 0 aliphatic carbocycles. The maximum Gasteiger partial charge on any atom is 0.227 e. The lowest BCUT2D eigenvalue weighted by atomic mass is 9.98. The Hall–Kier alpha value is -2.33. The van der Waals surface area contributed by atoms with E-state index in [1.54, 1.807) is 7.11 Å². The van der Waals surface area contributed by atoms with Crippen molar-refractivity contribution in [2.75, 3.05) is 13.7 Å². The highest BCUT2D eigenvalue weighted by atomic mass is 16.5. The number of hydrogen-bond donors (Lipinski definition) is 2. The summed E-state index contributed by atoms with van der Waals surface area (Å²) in [5.41, 5.74) is 9.45. The minimum atomic E-state index is -0.259. The van der Waals surface area contributed by atoms with Gasteiger partial charge in [-0.05, 0) is 41.7 Å². The lowest BCUT2D eigenvalue weighted by molar-refractivity contribution is -0.122. The van der Waals surface area contributed by atoms with E-state index in [2.05, 4.69) is 31.3 Å². The van der Waals surface area contributed by atoms with Crippen molar-refractivity contribution in [2.24, 2.45) is 5.73 Å². The normalized spacial score (nSPS) is 13.4. The number of methoxy groups -OCH3 is 1. The molecule has 2 aromatic rings. The Morgan fingerprint density at radius 3 is 2.28 bits per heavy atom. The monoisotopic (exact) mass is 340 g/mol. The van der Waals surface area contributed by atoms with Gasteiger partial charge in [-0.25, -0.2) is 0 Å². The fraction of sp³-hybridized carbons (Fsp3) is 0.381. The van der Waals surface area contributed by atoms with Gasteiger partial charge < -0.3 is 15.8 Å². The predicted molar refractivity (Wildman–Crippen MR) is 102 cm³/mol. The smallest absolute Gasteiger partial charge is 0.227 e. The zero-order chi connectivity index (χ0) is 18.4. The van der Waals surface area contributed by atoms with Crippen molar-refractivity contribution < 1.29 is 9.53 Å². The van der Waals surface area contributed by atoms with E-state index in [-0.39, 0.29) is 17.9 Å². The van der Waals surface area contributed by atoms with Crippen molar-refractivity contribution >= 4 is 5.91 Å². The first-order valence-electron chi connectivity index (χ1n) is 8.69. The van der Waals surface area contributed by atoms with E-state index in [0.29, 0.717) is 12.5 Å². The van der Waals surface area contributed by atoms with Crippen molar-refractivity contribution in [3.63, 3.8) is 0 Å². The largest absolute Gasteiger partial charge is 0.497 e. The summed E-state index contributed by atoms with van der Waals surface area (Å²) in [7, 11) is 1.62. The molecule has 25 heavy (non-hydrogen) atoms. The summed E-state index contributed by atoms with van der Waals surface area (Å²) in [5, 5.41) is 2.95. The van der Waals surface area contributed by atoms with Gasteiger partial charge in [0.1, 0.15) is 5.75 Å². The van der Waals surface area contributed by atoms with Crippen LogP contribution in [0.4, 0.5) is 0 Å². The molecule has 0 aliphatic rings. The van der Waals surface area contributed by atoms with Crippen LogP contribution in [0, 0.1) is 0 Å². The van der Waals surface area contributed by atoms with Gasteiger partial charge >= 0.3 is 0 Å². The van der Waals surface area contributed by atoms with Gasteiger partial charge in [-0.15, -0.1) is 0 Å². The van der Waals surface area contributed by atoms with E-state index in [9.17, 15) is 4.79 Å². The second kappa shape index (κ2) is 8.67. The number of rotatable bonds is 7. The molecule has 0 saturated heterocycles. The van der Waals surface area contributed by atoms with Gasteiger partial charge in [-0.3, -0.25) is 4.79 Å². The highest BCUT2D eigenvalue weighted by Gasteiger charge is 2.17. The van der Waals surface area contributed by atoms with E-state index in [1.165, 1.54) is 5.56 Å². The molecule has 1 amide bonds. The molecular weight excluding hydrogens is 312 g/mol. The zero-order valence-corrected chi connectivity index (χ0v) is 15.5. The highest BCUT2D eigenvalue weighted by molar-refractivity contribution is 5.83. The molecule has 0 bridgehead atoms. The molecule has 0 fully saturated rings. The van der Waals surface area contributed by atoms with Gasteiger partial charge in [0.25, 0.3) is 0 Å². The zero-order valence-electron chi connectivity index (χ0n) is 15.5. The lowest BCUT2D eigenvalue weighted by Crippen LogP contribution is -2.34. The summed E-state index contributed by atoms with van der Waals surface area (Å²) in [4.78, 5) is 12.4. The van der Waals surface area contributed by atoms with Crippen LogP contribution in [-0.4, -0.2) is 19.6 Å². The van der Waals surface area contributed by atoms with Crippen molar-refractivity contribution in [2.45, 2.75) is 38.6 Å². The molecule has 0 radical (unpaired) electrons. The third kappa shape index (κ3) is 5.07. The summed E-state index contributed by atoms with van der Waals surface area (Å²) in [5.74, 6) is 0.945. The van der Waals surface area contributed by atoms with Crippen molar-refractivity contribution in [3.8, 4) is 5.75 Å². The van der Waals surface area contributed by atoms with Crippen molar-refractivity contribution in [1.82, 2.24) is 5.32 Å². The fourth-order valence-electron chi connectivity index (χ4n) is 2.67. The van der Waals surface area contributed by atoms with Crippen LogP contribution in [-0.2, 0) is 4.79 Å². The molecule has 4 nitrogen and oxygen atoms in total. The van der Waals surface area contributed by atoms with Gasteiger partial charge in [-0.1, -0.05) is 50.2 Å². The van der Waals surface area contributed by atoms with Crippen LogP contribution in [0.3, 0.4) is 0 Å². The number of ether oxygens (including phenoxy) is 1. The molecular formula is C21H28N2O2. The Kier molecular flexibility index (Phi) is 6.59. The molecule has 2 rings (SSSR count). The molecule has 0 saturated carbocycles. The quantitative estimate of drug-likeness (QED) is 0.807. The maximum absolute atomic E-state index is 12.4. The number of amides is 1. The van der Waals surface area contributed by atoms with Gasteiger partial charge in [0.15, 0.2) is 0 Å². The van der Waals surface area contributed by atoms with Crippen LogP contribution in [0.1, 0.15) is 55.3 Å². The molecule has 0 aliphatic heterocycles. The van der Waals surface area contributed by atoms with E-state index in [0.717, 1.165) is 16.9 Å². The summed E-state index contributed by atoms with van der Waals surface area (Å²) < 4.78 is 5.22. The fourth-order valence-corrected chi connectivity index (χ4v) is 2.67. The van der Waals surface area contributed by atoms with Gasteiger partial charge in [0.05, 0.1) is 13.0 Å². The molecule has 2 unspecified atom stereocenters. The number of benzene rings is 2. The average molecular weight is 340 g/mol. The Labute approximate surface area is 150 Å². The number of carbonyl (C=O) groups is 1. The summed E-state index contributed by atoms with van der Waals surface area (Å²) in [6, 6.07) is 15.6. The van der Waals surface area contributed by atoms with E-state index >= 15 is 0 Å². The molecule has 0 heterocycles. The van der Waals surface area contributed by atoms with Crippen LogP contribution in [0.2, 0.25) is 0 Å². The molecule has 0 spiro atoms. The minimum Gasteiger partial charge on any atom is -0.497 e. The second-order valence-corrected chi connectivity index (χ2v) is 6.67. The molecule has 2 atom stereocenters. The van der Waals surface area contributed by atoms with E-state index in [1.807, 2.05) is 43.3 Å². The number of nitrogens with one attached hydrogen (secondary N) is 1. The summed E-state index contributed by atoms with van der Waals surface area (Å²) >= 11 is 0. The lowest BCUT2D eigenvalue weighted by Gasteiger charge is -2.17. The number of carbonyl (C=O) groups excluding carboxylic acids is 1.